The number of nitrogens with zero attached hydrogens (tertiary/aromatic N) is 4. The Morgan fingerprint density at radius 2 is 1.93 bits per heavy atom. The minimum Gasteiger partial charge on any atom is -0.369 e. The van der Waals surface area contributed by atoms with Crippen molar-refractivity contribution in [2.75, 3.05) is 24.5 Å². The van der Waals surface area contributed by atoms with Gasteiger partial charge >= 0.3 is 0 Å². The second-order valence-corrected chi connectivity index (χ2v) is 7.66. The normalized spacial score (nSPS) is 16.9. The molecule has 3 rings (SSSR count). The zero-order chi connectivity index (χ0) is 20.6. The van der Waals surface area contributed by atoms with Crippen LogP contribution in [0, 0.1) is 0 Å². The third kappa shape index (κ3) is 6.12. The number of hydrogen-bond donors (Lipinski definition) is 2. The molecule has 1 atom stereocenters. The highest BCUT2D eigenvalue weighted by Crippen LogP contribution is 2.20. The molecule has 1 aliphatic rings. The summed E-state index contributed by atoms with van der Waals surface area (Å²) in [6.07, 6.45) is 4.28. The number of nitrogens with one attached hydrogen (secondary N) is 2. The molecule has 1 aromatic carbocycles. The minimum atomic E-state index is 0. The van der Waals surface area contributed by atoms with Crippen molar-refractivity contribution in [3.8, 4) is 0 Å². The molecule has 6 nitrogen and oxygen atoms in total. The fourth-order valence-corrected chi connectivity index (χ4v) is 4.21. The number of para-hydroxylation sites is 1. The van der Waals surface area contributed by atoms with Gasteiger partial charge in [-0.15, -0.1) is 24.0 Å². The molecule has 166 valence electrons. The van der Waals surface area contributed by atoms with Crippen LogP contribution in [0.2, 0.25) is 0 Å². The van der Waals surface area contributed by atoms with Gasteiger partial charge in [-0.3, -0.25) is 4.68 Å². The summed E-state index contributed by atoms with van der Waals surface area (Å²) in [5.41, 5.74) is 5.03. The van der Waals surface area contributed by atoms with Crippen molar-refractivity contribution in [3.63, 3.8) is 0 Å². The molecule has 0 bridgehead atoms. The van der Waals surface area contributed by atoms with Crippen LogP contribution in [-0.2, 0) is 26.4 Å². The third-order valence-electron chi connectivity index (χ3n) is 5.65. The lowest BCUT2D eigenvalue weighted by Gasteiger charge is -2.35. The van der Waals surface area contributed by atoms with Crippen molar-refractivity contribution < 1.29 is 0 Å². The van der Waals surface area contributed by atoms with Gasteiger partial charge < -0.3 is 15.5 Å². The van der Waals surface area contributed by atoms with Crippen LogP contribution in [0.3, 0.4) is 0 Å². The maximum Gasteiger partial charge on any atom is 0.191 e. The van der Waals surface area contributed by atoms with Gasteiger partial charge in [-0.05, 0) is 44.7 Å². The summed E-state index contributed by atoms with van der Waals surface area (Å²) in [7, 11) is 2.04. The number of hydrogen-bond acceptors (Lipinski definition) is 3. The van der Waals surface area contributed by atoms with Crippen LogP contribution in [0.25, 0.3) is 0 Å². The Labute approximate surface area is 198 Å². The molecule has 0 amide bonds. The quantitative estimate of drug-likeness (QED) is 0.328. The summed E-state index contributed by atoms with van der Waals surface area (Å²) in [5.74, 6) is 0.903. The highest BCUT2D eigenvalue weighted by Gasteiger charge is 2.21. The average molecular weight is 524 g/mol. The average Bonchev–Trinajstić information content (AvgIpc) is 3.07. The first-order chi connectivity index (χ1) is 14.2. The number of anilines is 1. The molecule has 1 aliphatic heterocycles. The Balaban J connectivity index is 0.00000320. The fourth-order valence-electron chi connectivity index (χ4n) is 4.21. The maximum atomic E-state index is 4.93. The Morgan fingerprint density at radius 1 is 1.17 bits per heavy atom. The molecule has 0 aliphatic carbocycles. The van der Waals surface area contributed by atoms with E-state index in [-0.39, 0.29) is 24.0 Å². The third-order valence-corrected chi connectivity index (χ3v) is 5.65. The van der Waals surface area contributed by atoms with E-state index in [1.165, 1.54) is 29.8 Å². The summed E-state index contributed by atoms with van der Waals surface area (Å²) >= 11 is 0. The van der Waals surface area contributed by atoms with Crippen LogP contribution < -0.4 is 15.5 Å². The predicted molar refractivity (Wildman–Crippen MR) is 137 cm³/mol. The Kier molecular flexibility index (Phi) is 9.94. The topological polar surface area (TPSA) is 57.5 Å². The summed E-state index contributed by atoms with van der Waals surface area (Å²) < 4.78 is 2.02. The number of guanidine groups is 1. The summed E-state index contributed by atoms with van der Waals surface area (Å²) in [4.78, 5) is 7.40. The van der Waals surface area contributed by atoms with E-state index in [1.54, 1.807) is 0 Å². The van der Waals surface area contributed by atoms with Crippen molar-refractivity contribution in [2.24, 2.45) is 12.0 Å². The maximum absolute atomic E-state index is 4.93. The van der Waals surface area contributed by atoms with Gasteiger partial charge in [-0.2, -0.15) is 5.10 Å². The van der Waals surface area contributed by atoms with Crippen molar-refractivity contribution in [2.45, 2.75) is 59.0 Å². The van der Waals surface area contributed by atoms with Crippen molar-refractivity contribution in [1.29, 1.82) is 0 Å². The van der Waals surface area contributed by atoms with Gasteiger partial charge in [-0.1, -0.05) is 32.0 Å². The van der Waals surface area contributed by atoms with Crippen LogP contribution in [0.1, 0.15) is 50.6 Å². The van der Waals surface area contributed by atoms with Gasteiger partial charge in [0.15, 0.2) is 5.96 Å². The molecule has 2 heterocycles. The molecule has 7 heteroatoms. The predicted octanol–water partition coefficient (Wildman–Crippen LogP) is 3.89. The van der Waals surface area contributed by atoms with Crippen molar-refractivity contribution in [1.82, 2.24) is 20.4 Å². The van der Waals surface area contributed by atoms with Crippen LogP contribution in [-0.4, -0.2) is 41.4 Å². The molecule has 1 unspecified atom stereocenters. The van der Waals surface area contributed by atoms with Crippen LogP contribution in [0.15, 0.2) is 35.3 Å². The van der Waals surface area contributed by atoms with E-state index in [0.717, 1.165) is 44.1 Å². The van der Waals surface area contributed by atoms with E-state index in [1.807, 2.05) is 11.7 Å². The largest absolute Gasteiger partial charge is 0.369 e. The first-order valence-electron chi connectivity index (χ1n) is 11.0. The Morgan fingerprint density at radius 3 is 2.60 bits per heavy atom. The number of benzene rings is 1. The summed E-state index contributed by atoms with van der Waals surface area (Å²) in [6.45, 7) is 10.1. The van der Waals surface area contributed by atoms with E-state index in [2.05, 4.69) is 71.7 Å². The molecule has 1 aromatic heterocycles. The van der Waals surface area contributed by atoms with E-state index in [9.17, 15) is 0 Å². The van der Waals surface area contributed by atoms with Crippen LogP contribution in [0.4, 0.5) is 5.69 Å². The lowest BCUT2D eigenvalue weighted by Crippen LogP contribution is -2.51. The molecule has 0 saturated carbocycles. The number of rotatable bonds is 7. The van der Waals surface area contributed by atoms with Gasteiger partial charge in [0.25, 0.3) is 0 Å². The highest BCUT2D eigenvalue weighted by atomic mass is 127. The molecule has 30 heavy (non-hydrogen) atoms. The Hall–Kier alpha value is -1.77. The molecule has 0 spiro atoms. The lowest BCUT2D eigenvalue weighted by molar-refractivity contribution is 0.468. The first kappa shape index (κ1) is 24.5. The minimum absolute atomic E-state index is 0. The second-order valence-electron chi connectivity index (χ2n) is 7.66. The van der Waals surface area contributed by atoms with Gasteiger partial charge in [0.2, 0.25) is 0 Å². The zero-order valence-electron chi connectivity index (χ0n) is 18.8. The fraction of sp³-hybridized carbons (Fsp3) is 0.565. The standard InChI is InChI=1S/C23H36N6.HI/c1-5-21-20(22(6-2)28(4)27-21)16-25-23(24-7-3)26-18-12-11-15-29(17-18)19-13-9-8-10-14-19;/h8-10,13-14,18H,5-7,11-12,15-17H2,1-4H3,(H2,24,25,26);1H. The summed E-state index contributed by atoms with van der Waals surface area (Å²) in [5, 5.41) is 11.8. The van der Waals surface area contributed by atoms with Crippen LogP contribution >= 0.6 is 24.0 Å². The number of halogens is 1. The first-order valence-corrected chi connectivity index (χ1v) is 11.0. The lowest BCUT2D eigenvalue weighted by atomic mass is 10.0. The number of aliphatic imine (C=N–C) groups is 1. The number of aryl methyl sites for hydroxylation is 2. The monoisotopic (exact) mass is 524 g/mol. The van der Waals surface area contributed by atoms with Gasteiger partial charge in [-0.25, -0.2) is 4.99 Å². The molecule has 1 saturated heterocycles. The van der Waals surface area contributed by atoms with E-state index < -0.39 is 0 Å². The van der Waals surface area contributed by atoms with Crippen LogP contribution in [0.5, 0.6) is 0 Å². The molecule has 2 N–H and O–H groups in total. The van der Waals surface area contributed by atoms with Gasteiger partial charge in [0.1, 0.15) is 0 Å². The van der Waals surface area contributed by atoms with Crippen molar-refractivity contribution in [3.05, 3.63) is 47.3 Å². The molecule has 1 fully saturated rings. The molecular weight excluding hydrogens is 487 g/mol. The molecular formula is C23H37IN6. The van der Waals surface area contributed by atoms with E-state index in [4.69, 9.17) is 4.99 Å². The van der Waals surface area contributed by atoms with Crippen molar-refractivity contribution >= 4 is 35.6 Å². The molecule has 2 aromatic rings. The Bertz CT molecular complexity index is 802. The van der Waals surface area contributed by atoms with E-state index >= 15 is 0 Å². The van der Waals surface area contributed by atoms with Gasteiger partial charge in [0.05, 0.1) is 12.2 Å². The smallest absolute Gasteiger partial charge is 0.191 e. The second kappa shape index (κ2) is 12.2. The number of piperidine rings is 1. The SMILES string of the molecule is CCNC(=NCc1c(CC)nn(C)c1CC)NC1CCCN(c2ccccc2)C1.I. The number of aromatic nitrogens is 2. The van der Waals surface area contributed by atoms with Gasteiger partial charge in [0, 0.05) is 49.7 Å². The summed E-state index contributed by atoms with van der Waals surface area (Å²) in [6, 6.07) is 11.1. The highest BCUT2D eigenvalue weighted by molar-refractivity contribution is 14.0. The molecule has 0 radical (unpaired) electrons. The zero-order valence-corrected chi connectivity index (χ0v) is 21.1. The van der Waals surface area contributed by atoms with E-state index in [0.29, 0.717) is 12.6 Å².